The molecule has 2 aromatic carbocycles. The van der Waals surface area contributed by atoms with Crippen molar-refractivity contribution >= 4 is 12.1 Å². The van der Waals surface area contributed by atoms with Gasteiger partial charge >= 0.3 is 0 Å². The lowest BCUT2D eigenvalue weighted by atomic mass is 10.2. The first-order valence-electron chi connectivity index (χ1n) is 8.49. The summed E-state index contributed by atoms with van der Waals surface area (Å²) in [5, 5.41) is 8.50. The number of furan rings is 1. The number of benzene rings is 2. The van der Waals surface area contributed by atoms with E-state index < -0.39 is 11.7 Å². The fourth-order valence-corrected chi connectivity index (χ4v) is 2.67. The Morgan fingerprint density at radius 1 is 1.07 bits per heavy atom. The molecule has 4 aromatic rings. The average Bonchev–Trinajstić information content (AvgIpc) is 3.39. The number of rotatable bonds is 5. The van der Waals surface area contributed by atoms with Crippen LogP contribution in [0, 0.1) is 5.82 Å². The van der Waals surface area contributed by atoms with Crippen molar-refractivity contribution in [3.8, 4) is 17.1 Å². The Morgan fingerprint density at radius 3 is 2.61 bits per heavy atom. The number of aromatic nitrogens is 2. The largest absolute Gasteiger partial charge is 0.463 e. The first kappa shape index (κ1) is 17.4. The first-order chi connectivity index (χ1) is 13.7. The molecule has 0 aliphatic rings. The van der Waals surface area contributed by atoms with Crippen LogP contribution in [-0.4, -0.2) is 21.9 Å². The summed E-state index contributed by atoms with van der Waals surface area (Å²) in [5.41, 5.74) is 4.32. The number of nitrogens with one attached hydrogen (secondary N) is 1. The minimum absolute atomic E-state index is 0.0779. The highest BCUT2D eigenvalue weighted by atomic mass is 19.1. The molecule has 0 spiro atoms. The van der Waals surface area contributed by atoms with Crippen LogP contribution in [0.3, 0.4) is 0 Å². The first-order valence-corrected chi connectivity index (χ1v) is 8.49. The van der Waals surface area contributed by atoms with Crippen LogP contribution in [0.15, 0.2) is 88.7 Å². The van der Waals surface area contributed by atoms with Crippen LogP contribution < -0.4 is 5.43 Å². The quantitative estimate of drug-likeness (QED) is 0.423. The van der Waals surface area contributed by atoms with Gasteiger partial charge in [0, 0.05) is 11.8 Å². The number of amides is 1. The number of hydrogen-bond acceptors (Lipinski definition) is 4. The molecule has 0 fully saturated rings. The topological polar surface area (TPSA) is 72.4 Å². The van der Waals surface area contributed by atoms with E-state index in [1.807, 2.05) is 30.3 Å². The molecule has 6 nitrogen and oxygen atoms in total. The van der Waals surface area contributed by atoms with Gasteiger partial charge in [-0.15, -0.1) is 0 Å². The van der Waals surface area contributed by atoms with Gasteiger partial charge in [0.05, 0.1) is 23.7 Å². The van der Waals surface area contributed by atoms with Crippen LogP contribution >= 0.6 is 0 Å². The van der Waals surface area contributed by atoms with Crippen molar-refractivity contribution in [2.24, 2.45) is 5.10 Å². The molecule has 28 heavy (non-hydrogen) atoms. The summed E-state index contributed by atoms with van der Waals surface area (Å²) in [5.74, 6) is -0.677. The molecule has 2 aromatic heterocycles. The number of hydrazone groups is 1. The second kappa shape index (κ2) is 7.71. The zero-order valence-electron chi connectivity index (χ0n) is 14.6. The summed E-state index contributed by atoms with van der Waals surface area (Å²) in [6.45, 7) is 0. The predicted octanol–water partition coefficient (Wildman–Crippen LogP) is 4.04. The summed E-state index contributed by atoms with van der Waals surface area (Å²) in [6.07, 6.45) is 4.77. The zero-order valence-corrected chi connectivity index (χ0v) is 14.6. The Hall–Kier alpha value is -4.00. The molecule has 0 saturated carbocycles. The minimum atomic E-state index is -0.635. The molecule has 7 heteroatoms. The van der Waals surface area contributed by atoms with Crippen LogP contribution in [0.5, 0.6) is 0 Å². The van der Waals surface area contributed by atoms with Crippen LogP contribution in [0.4, 0.5) is 4.39 Å². The fourth-order valence-electron chi connectivity index (χ4n) is 2.67. The van der Waals surface area contributed by atoms with Crippen molar-refractivity contribution in [2.75, 3.05) is 0 Å². The van der Waals surface area contributed by atoms with Gasteiger partial charge in [-0.1, -0.05) is 30.3 Å². The highest BCUT2D eigenvalue weighted by molar-refractivity contribution is 5.95. The number of hydrogen-bond donors (Lipinski definition) is 1. The molecule has 138 valence electrons. The van der Waals surface area contributed by atoms with Crippen LogP contribution in [-0.2, 0) is 0 Å². The van der Waals surface area contributed by atoms with E-state index in [1.54, 1.807) is 35.3 Å². The highest BCUT2D eigenvalue weighted by Gasteiger charge is 2.14. The maximum atomic E-state index is 13.7. The third-order valence-corrected chi connectivity index (χ3v) is 4.01. The van der Waals surface area contributed by atoms with Gasteiger partial charge in [-0.2, -0.15) is 10.2 Å². The smallest absolute Gasteiger partial charge is 0.274 e. The SMILES string of the molecule is O=C(N/N=C\c1cn(-c2ccccc2)nc1-c1ccco1)c1ccccc1F. The lowest BCUT2D eigenvalue weighted by Gasteiger charge is -2.00. The molecule has 1 N–H and O–H groups in total. The van der Waals surface area contributed by atoms with Gasteiger partial charge in [0.1, 0.15) is 11.5 Å². The summed E-state index contributed by atoms with van der Waals surface area (Å²) in [4.78, 5) is 12.1. The van der Waals surface area contributed by atoms with Crippen molar-refractivity contribution in [3.63, 3.8) is 0 Å². The predicted molar refractivity (Wildman–Crippen MR) is 103 cm³/mol. The third kappa shape index (κ3) is 3.59. The van der Waals surface area contributed by atoms with E-state index in [1.165, 1.54) is 24.4 Å². The second-order valence-electron chi connectivity index (χ2n) is 5.87. The van der Waals surface area contributed by atoms with Crippen LogP contribution in [0.25, 0.3) is 17.1 Å². The zero-order chi connectivity index (χ0) is 19.3. The van der Waals surface area contributed by atoms with Crippen molar-refractivity contribution in [3.05, 3.63) is 96.1 Å². The Kier molecular flexibility index (Phi) is 4.79. The van der Waals surface area contributed by atoms with E-state index >= 15 is 0 Å². The van der Waals surface area contributed by atoms with E-state index in [0.717, 1.165) is 5.69 Å². The summed E-state index contributed by atoms with van der Waals surface area (Å²) in [7, 11) is 0. The van der Waals surface area contributed by atoms with Crippen molar-refractivity contribution in [1.29, 1.82) is 0 Å². The van der Waals surface area contributed by atoms with Crippen LogP contribution in [0.1, 0.15) is 15.9 Å². The van der Waals surface area contributed by atoms with Crippen molar-refractivity contribution in [2.45, 2.75) is 0 Å². The summed E-state index contributed by atoms with van der Waals surface area (Å²) < 4.78 is 20.8. The van der Waals surface area contributed by atoms with Gasteiger partial charge in [-0.25, -0.2) is 14.5 Å². The highest BCUT2D eigenvalue weighted by Crippen LogP contribution is 2.23. The Morgan fingerprint density at radius 2 is 1.86 bits per heavy atom. The van der Waals surface area contributed by atoms with Gasteiger partial charge in [0.25, 0.3) is 5.91 Å². The Balaban J connectivity index is 1.61. The second-order valence-corrected chi connectivity index (χ2v) is 5.87. The molecule has 0 saturated heterocycles. The number of halogens is 1. The van der Waals surface area contributed by atoms with E-state index in [2.05, 4.69) is 15.6 Å². The molecule has 0 unspecified atom stereocenters. The number of nitrogens with zero attached hydrogens (tertiary/aromatic N) is 3. The van der Waals surface area contributed by atoms with E-state index in [0.29, 0.717) is 17.0 Å². The van der Waals surface area contributed by atoms with Gasteiger partial charge in [0.2, 0.25) is 0 Å². The number of carbonyl (C=O) groups is 1. The van der Waals surface area contributed by atoms with Gasteiger partial charge in [-0.05, 0) is 36.4 Å². The third-order valence-electron chi connectivity index (χ3n) is 4.01. The molecule has 2 heterocycles. The molecular weight excluding hydrogens is 359 g/mol. The fraction of sp³-hybridized carbons (Fsp3) is 0. The maximum absolute atomic E-state index is 13.7. The van der Waals surface area contributed by atoms with Gasteiger partial charge in [-0.3, -0.25) is 4.79 Å². The van der Waals surface area contributed by atoms with Gasteiger partial charge in [0.15, 0.2) is 5.76 Å². The lowest BCUT2D eigenvalue weighted by molar-refractivity contribution is 0.0951. The van der Waals surface area contributed by atoms with Gasteiger partial charge < -0.3 is 4.42 Å². The molecule has 0 atom stereocenters. The Bertz CT molecular complexity index is 1120. The lowest BCUT2D eigenvalue weighted by Crippen LogP contribution is -2.18. The van der Waals surface area contributed by atoms with Crippen LogP contribution in [0.2, 0.25) is 0 Å². The van der Waals surface area contributed by atoms with Crippen molar-refractivity contribution in [1.82, 2.24) is 15.2 Å². The minimum Gasteiger partial charge on any atom is -0.463 e. The normalized spacial score (nSPS) is 11.0. The summed E-state index contributed by atoms with van der Waals surface area (Å²) in [6, 6.07) is 18.8. The van der Waals surface area contributed by atoms with E-state index in [9.17, 15) is 9.18 Å². The standard InChI is InChI=1S/C21H15FN4O2/c22-18-10-5-4-9-17(18)21(27)24-23-13-15-14-26(16-7-2-1-3-8-16)25-20(15)19-11-6-12-28-19/h1-14H,(H,24,27)/b23-13-. The molecular formula is C21H15FN4O2. The number of carbonyl (C=O) groups excluding carboxylic acids is 1. The molecule has 0 aliphatic heterocycles. The molecule has 0 radical (unpaired) electrons. The maximum Gasteiger partial charge on any atom is 0.274 e. The van der Waals surface area contributed by atoms with E-state index in [4.69, 9.17) is 4.42 Å². The Labute approximate surface area is 159 Å². The molecule has 0 aliphatic carbocycles. The summed E-state index contributed by atoms with van der Waals surface area (Å²) >= 11 is 0. The average molecular weight is 374 g/mol. The molecule has 4 rings (SSSR count). The monoisotopic (exact) mass is 374 g/mol. The molecule has 1 amide bonds. The van der Waals surface area contributed by atoms with E-state index in [-0.39, 0.29) is 5.56 Å². The van der Waals surface area contributed by atoms with Crippen molar-refractivity contribution < 1.29 is 13.6 Å². The number of para-hydroxylation sites is 1. The molecule has 0 bridgehead atoms.